The predicted octanol–water partition coefficient (Wildman–Crippen LogP) is 1.47. The van der Waals surface area contributed by atoms with Crippen molar-refractivity contribution in [1.82, 2.24) is 0 Å². The number of rotatable bonds is 0. The Morgan fingerprint density at radius 2 is 1.91 bits per heavy atom. The maximum Gasteiger partial charge on any atom is 0.310 e. The van der Waals surface area contributed by atoms with Crippen LogP contribution in [0.15, 0.2) is 24.3 Å². The van der Waals surface area contributed by atoms with E-state index in [0.29, 0.717) is 12.8 Å². The van der Waals surface area contributed by atoms with E-state index in [4.69, 9.17) is 4.74 Å². The van der Waals surface area contributed by atoms with Crippen LogP contribution in [-0.2, 0) is 16.0 Å². The molecular weight excluding hydrogens is 288 g/mol. The largest absolute Gasteiger partial charge is 0.508 e. The number of allylic oxidation sites excluding steroid dienone is 1. The first-order valence-corrected chi connectivity index (χ1v) is 7.01. The van der Waals surface area contributed by atoms with Crippen LogP contribution in [0.4, 0.5) is 0 Å². The molecule has 0 spiro atoms. The van der Waals surface area contributed by atoms with Crippen LogP contribution in [0.5, 0.6) is 11.5 Å². The molecule has 3 N–H and O–H groups in total. The Bertz CT molecular complexity index is 619. The molecule has 22 heavy (non-hydrogen) atoms. The molecule has 0 fully saturated rings. The number of carbonyl (C=O) groups is 2. The molecule has 0 amide bonds. The number of phenolic OH excluding ortho intramolecular Hbond substituents is 2. The van der Waals surface area contributed by atoms with Gasteiger partial charge in [0.05, 0.1) is 24.2 Å². The van der Waals surface area contributed by atoms with Crippen molar-refractivity contribution in [3.63, 3.8) is 0 Å². The van der Waals surface area contributed by atoms with Crippen LogP contribution in [0, 0.1) is 0 Å². The molecule has 0 bridgehead atoms. The van der Waals surface area contributed by atoms with Gasteiger partial charge in [-0.05, 0) is 37.5 Å². The molecule has 1 aliphatic heterocycles. The number of hydrogen-bond donors (Lipinski definition) is 3. The molecule has 2 rings (SSSR count). The Labute approximate surface area is 127 Å². The highest BCUT2D eigenvalue weighted by Crippen LogP contribution is 2.29. The van der Waals surface area contributed by atoms with E-state index in [1.165, 1.54) is 12.1 Å². The summed E-state index contributed by atoms with van der Waals surface area (Å²) in [7, 11) is 0. The van der Waals surface area contributed by atoms with Gasteiger partial charge < -0.3 is 20.1 Å². The van der Waals surface area contributed by atoms with Crippen LogP contribution in [0.2, 0.25) is 0 Å². The number of ether oxygens (including phenoxy) is 1. The quantitative estimate of drug-likeness (QED) is 0.627. The predicted molar refractivity (Wildman–Crippen MR) is 77.7 cm³/mol. The van der Waals surface area contributed by atoms with Gasteiger partial charge in [0.2, 0.25) is 0 Å². The third-order valence-corrected chi connectivity index (χ3v) is 3.44. The number of aliphatic hydroxyl groups is 1. The van der Waals surface area contributed by atoms with Crippen LogP contribution in [-0.4, -0.2) is 39.3 Å². The van der Waals surface area contributed by atoms with Crippen molar-refractivity contribution >= 4 is 11.8 Å². The van der Waals surface area contributed by atoms with Crippen molar-refractivity contribution in [1.29, 1.82) is 0 Å². The zero-order valence-corrected chi connectivity index (χ0v) is 12.2. The lowest BCUT2D eigenvalue weighted by Crippen LogP contribution is -2.20. The van der Waals surface area contributed by atoms with Crippen LogP contribution in [0.25, 0.3) is 0 Å². The summed E-state index contributed by atoms with van der Waals surface area (Å²) in [5.74, 6) is -1.78. The number of fused-ring (bicyclic) bond motifs is 1. The average Bonchev–Trinajstić information content (AvgIpc) is 2.40. The molecule has 6 heteroatoms. The lowest BCUT2D eigenvalue weighted by molar-refractivity contribution is -0.147. The minimum atomic E-state index is -0.841. The Kier molecular flexibility index (Phi) is 4.82. The third-order valence-electron chi connectivity index (χ3n) is 3.44. The van der Waals surface area contributed by atoms with E-state index in [9.17, 15) is 24.9 Å². The molecule has 0 aromatic heterocycles. The smallest absolute Gasteiger partial charge is 0.310 e. The molecular formula is C16H18O6. The zero-order valence-electron chi connectivity index (χ0n) is 12.2. The second-order valence-corrected chi connectivity index (χ2v) is 5.34. The number of benzene rings is 1. The van der Waals surface area contributed by atoms with Gasteiger partial charge in [-0.2, -0.15) is 0 Å². The summed E-state index contributed by atoms with van der Waals surface area (Å²) in [5, 5.41) is 29.2. The van der Waals surface area contributed by atoms with Crippen LogP contribution >= 0.6 is 0 Å². The normalized spacial score (nSPS) is 24.6. The summed E-state index contributed by atoms with van der Waals surface area (Å²) >= 11 is 0. The van der Waals surface area contributed by atoms with E-state index in [2.05, 4.69) is 0 Å². The van der Waals surface area contributed by atoms with Crippen molar-refractivity contribution in [2.45, 2.75) is 38.4 Å². The number of aliphatic hydroxyl groups excluding tert-OH is 1. The Morgan fingerprint density at radius 3 is 2.64 bits per heavy atom. The van der Waals surface area contributed by atoms with Crippen LogP contribution in [0.3, 0.4) is 0 Å². The van der Waals surface area contributed by atoms with Crippen LogP contribution in [0.1, 0.15) is 35.7 Å². The molecule has 1 unspecified atom stereocenters. The van der Waals surface area contributed by atoms with Gasteiger partial charge in [-0.25, -0.2) is 0 Å². The van der Waals surface area contributed by atoms with Gasteiger partial charge in [-0.3, -0.25) is 9.59 Å². The summed E-state index contributed by atoms with van der Waals surface area (Å²) < 4.78 is 5.19. The number of cyclic esters (lactones) is 1. The highest BCUT2D eigenvalue weighted by Gasteiger charge is 2.21. The molecule has 2 atom stereocenters. The molecule has 0 saturated carbocycles. The van der Waals surface area contributed by atoms with Gasteiger partial charge in [-0.1, -0.05) is 6.08 Å². The van der Waals surface area contributed by atoms with Gasteiger partial charge in [-0.15, -0.1) is 0 Å². The Morgan fingerprint density at radius 1 is 1.18 bits per heavy atom. The highest BCUT2D eigenvalue weighted by atomic mass is 16.5. The number of aromatic hydroxyl groups is 2. The van der Waals surface area contributed by atoms with Crippen molar-refractivity contribution in [2.75, 3.05) is 0 Å². The van der Waals surface area contributed by atoms with E-state index in [1.807, 2.05) is 0 Å². The zero-order chi connectivity index (χ0) is 16.3. The summed E-state index contributed by atoms with van der Waals surface area (Å²) in [6.45, 7) is 1.71. The standard InChI is InChI=1S/C16H18O6/c1-9-2-3-11(17)4-5-13(19)16-10(7-15(21)22-9)6-12(18)8-14(16)20/h4-6,8-9,11,17-18,20H,2-3,7H2,1H3/b5-4+/t9-,11?/m0/s1. The molecule has 1 aromatic rings. The second kappa shape index (κ2) is 6.62. The topological polar surface area (TPSA) is 104 Å². The number of esters is 1. The third kappa shape index (κ3) is 3.85. The van der Waals surface area contributed by atoms with Gasteiger partial charge in [0.1, 0.15) is 11.5 Å². The van der Waals surface area contributed by atoms with Gasteiger partial charge in [0, 0.05) is 6.07 Å². The molecule has 6 nitrogen and oxygen atoms in total. The first kappa shape index (κ1) is 16.0. The fourth-order valence-corrected chi connectivity index (χ4v) is 2.36. The van der Waals surface area contributed by atoms with E-state index in [0.717, 1.165) is 12.1 Å². The summed E-state index contributed by atoms with van der Waals surface area (Å²) in [6, 6.07) is 2.27. The highest BCUT2D eigenvalue weighted by molar-refractivity contribution is 6.08. The molecule has 1 heterocycles. The van der Waals surface area contributed by atoms with E-state index in [1.54, 1.807) is 6.92 Å². The van der Waals surface area contributed by atoms with Crippen molar-refractivity contribution in [3.8, 4) is 11.5 Å². The minimum Gasteiger partial charge on any atom is -0.508 e. The fraction of sp³-hybridized carbons (Fsp3) is 0.375. The van der Waals surface area contributed by atoms with Crippen LogP contribution < -0.4 is 0 Å². The Balaban J connectivity index is 2.46. The maximum atomic E-state index is 12.2. The monoisotopic (exact) mass is 306 g/mol. The van der Waals surface area contributed by atoms with Crippen molar-refractivity contribution in [3.05, 3.63) is 35.4 Å². The number of phenols is 2. The molecule has 0 radical (unpaired) electrons. The first-order chi connectivity index (χ1) is 10.4. The van der Waals surface area contributed by atoms with Crippen molar-refractivity contribution in [2.24, 2.45) is 0 Å². The molecule has 0 aliphatic carbocycles. The van der Waals surface area contributed by atoms with Gasteiger partial charge in [0.15, 0.2) is 5.78 Å². The summed E-state index contributed by atoms with van der Waals surface area (Å²) in [4.78, 5) is 24.1. The molecule has 118 valence electrons. The first-order valence-electron chi connectivity index (χ1n) is 7.01. The Hall–Kier alpha value is -2.34. The summed E-state index contributed by atoms with van der Waals surface area (Å²) in [6.07, 6.45) is 1.87. The van der Waals surface area contributed by atoms with E-state index < -0.39 is 23.6 Å². The van der Waals surface area contributed by atoms with Crippen molar-refractivity contribution < 1.29 is 29.6 Å². The summed E-state index contributed by atoms with van der Waals surface area (Å²) in [5.41, 5.74) is 0.103. The molecule has 0 saturated heterocycles. The molecule has 1 aliphatic rings. The van der Waals surface area contributed by atoms with Gasteiger partial charge in [0.25, 0.3) is 0 Å². The SMILES string of the molecule is C[C@H]1CCC(O)/C=C/C(=O)c2c(O)cc(O)cc2CC(=O)O1. The number of carbonyl (C=O) groups excluding carboxylic acids is 2. The fourth-order valence-electron chi connectivity index (χ4n) is 2.36. The van der Waals surface area contributed by atoms with Gasteiger partial charge >= 0.3 is 5.97 Å². The minimum absolute atomic E-state index is 0.0774. The molecule has 1 aromatic carbocycles. The van der Waals surface area contributed by atoms with E-state index >= 15 is 0 Å². The lowest BCUT2D eigenvalue weighted by Gasteiger charge is -2.16. The number of hydrogen-bond acceptors (Lipinski definition) is 6. The van der Waals surface area contributed by atoms with E-state index in [-0.39, 0.29) is 29.4 Å². The maximum absolute atomic E-state index is 12.2. The number of ketones is 1. The lowest BCUT2D eigenvalue weighted by atomic mass is 9.98. The second-order valence-electron chi connectivity index (χ2n) is 5.34. The average molecular weight is 306 g/mol.